The minimum absolute atomic E-state index is 0.0897. The summed E-state index contributed by atoms with van der Waals surface area (Å²) < 4.78 is 0. The summed E-state index contributed by atoms with van der Waals surface area (Å²) in [5.74, 6) is 1.06. The number of hydrogen-bond acceptors (Lipinski definition) is 3. The van der Waals surface area contributed by atoms with Gasteiger partial charge in [-0.05, 0) is 24.5 Å². The lowest BCUT2D eigenvalue weighted by Gasteiger charge is -2.30. The number of nitro groups is 1. The number of nitrogens with one attached hydrogen (secondary N) is 1. The predicted octanol–water partition coefficient (Wildman–Crippen LogP) is 4.00. The molecule has 0 aliphatic rings. The quantitative estimate of drug-likeness (QED) is 0.383. The number of aryl methyl sites for hydroxylation is 1. The summed E-state index contributed by atoms with van der Waals surface area (Å²) in [6, 6.07) is 4.81. The molecule has 0 fully saturated rings. The third-order valence-electron chi connectivity index (χ3n) is 3.07. The molecule has 0 heterocycles. The van der Waals surface area contributed by atoms with E-state index in [0.717, 1.165) is 17.8 Å². The number of rotatable bonds is 5. The number of benzene rings is 1. The Morgan fingerprint density at radius 2 is 1.95 bits per heavy atom. The summed E-state index contributed by atoms with van der Waals surface area (Å²) in [6.07, 6.45) is 0. The topological polar surface area (TPSA) is 70.2 Å². The van der Waals surface area contributed by atoms with E-state index in [-0.39, 0.29) is 11.6 Å². The van der Waals surface area contributed by atoms with E-state index < -0.39 is 4.92 Å². The van der Waals surface area contributed by atoms with Gasteiger partial charge in [-0.15, -0.1) is 0 Å². The molecule has 0 aromatic heterocycles. The summed E-state index contributed by atoms with van der Waals surface area (Å²) in [5, 5.41) is 19.1. The highest BCUT2D eigenvalue weighted by Gasteiger charge is 2.19. The average Bonchev–Trinajstić information content (AvgIpc) is 2.34. The van der Waals surface area contributed by atoms with Crippen molar-refractivity contribution in [2.75, 3.05) is 11.4 Å². The van der Waals surface area contributed by atoms with E-state index in [9.17, 15) is 10.1 Å². The van der Waals surface area contributed by atoms with Crippen LogP contribution in [0.2, 0.25) is 0 Å². The number of anilines is 1. The number of amidine groups is 1. The first-order valence-electron chi connectivity index (χ1n) is 6.85. The van der Waals surface area contributed by atoms with E-state index in [2.05, 4.69) is 13.8 Å². The molecule has 110 valence electrons. The molecule has 0 saturated heterocycles. The minimum atomic E-state index is -0.392. The maximum atomic E-state index is 10.8. The summed E-state index contributed by atoms with van der Waals surface area (Å²) in [5.41, 5.74) is 1.79. The van der Waals surface area contributed by atoms with Crippen LogP contribution in [0.4, 0.5) is 11.4 Å². The molecular weight excluding hydrogens is 254 g/mol. The maximum absolute atomic E-state index is 10.8. The van der Waals surface area contributed by atoms with Crippen molar-refractivity contribution in [3.63, 3.8) is 0 Å². The van der Waals surface area contributed by atoms with Gasteiger partial charge in [0.05, 0.1) is 4.92 Å². The zero-order valence-corrected chi connectivity index (χ0v) is 12.8. The Labute approximate surface area is 120 Å². The standard InChI is InChI=1S/C15H23N3O2/c1-10(2)9-17(15(16)11(3)4)14-7-6-13(18(19)20)8-12(14)5/h6-8,10-11,16H,9H2,1-5H3. The molecule has 1 aromatic rings. The molecular formula is C15H23N3O2. The lowest BCUT2D eigenvalue weighted by molar-refractivity contribution is -0.384. The molecule has 0 bridgehead atoms. The van der Waals surface area contributed by atoms with E-state index in [1.54, 1.807) is 12.1 Å². The van der Waals surface area contributed by atoms with Crippen LogP contribution in [0.1, 0.15) is 33.3 Å². The van der Waals surface area contributed by atoms with Crippen LogP contribution >= 0.6 is 0 Å². The van der Waals surface area contributed by atoms with Crippen molar-refractivity contribution in [1.82, 2.24) is 0 Å². The second-order valence-corrected chi connectivity index (χ2v) is 5.77. The zero-order chi connectivity index (χ0) is 15.4. The van der Waals surface area contributed by atoms with Gasteiger partial charge in [-0.3, -0.25) is 15.5 Å². The van der Waals surface area contributed by atoms with Gasteiger partial charge >= 0.3 is 0 Å². The molecule has 0 atom stereocenters. The summed E-state index contributed by atoms with van der Waals surface area (Å²) in [7, 11) is 0. The highest BCUT2D eigenvalue weighted by molar-refractivity contribution is 5.97. The first-order valence-corrected chi connectivity index (χ1v) is 6.85. The molecule has 0 amide bonds. The van der Waals surface area contributed by atoms with Crippen LogP contribution in [0.3, 0.4) is 0 Å². The van der Waals surface area contributed by atoms with Crippen LogP contribution in [0.15, 0.2) is 18.2 Å². The lowest BCUT2D eigenvalue weighted by Crippen LogP contribution is -2.37. The predicted molar refractivity (Wildman–Crippen MR) is 82.6 cm³/mol. The normalized spacial score (nSPS) is 10.9. The van der Waals surface area contributed by atoms with Crippen LogP contribution in [0, 0.1) is 34.3 Å². The molecule has 0 unspecified atom stereocenters. The van der Waals surface area contributed by atoms with Gasteiger partial charge < -0.3 is 4.90 Å². The fraction of sp³-hybridized carbons (Fsp3) is 0.533. The van der Waals surface area contributed by atoms with Crippen LogP contribution < -0.4 is 4.90 Å². The molecule has 1 aromatic carbocycles. The third kappa shape index (κ3) is 3.79. The average molecular weight is 277 g/mol. The van der Waals surface area contributed by atoms with E-state index in [0.29, 0.717) is 11.8 Å². The molecule has 0 spiro atoms. The van der Waals surface area contributed by atoms with Gasteiger partial charge in [0.1, 0.15) is 5.84 Å². The molecule has 0 saturated carbocycles. The van der Waals surface area contributed by atoms with Crippen molar-refractivity contribution in [1.29, 1.82) is 5.41 Å². The van der Waals surface area contributed by atoms with Gasteiger partial charge in [0.25, 0.3) is 5.69 Å². The zero-order valence-electron chi connectivity index (χ0n) is 12.8. The van der Waals surface area contributed by atoms with E-state index in [1.807, 2.05) is 25.7 Å². The van der Waals surface area contributed by atoms with Gasteiger partial charge in [0.2, 0.25) is 0 Å². The summed E-state index contributed by atoms with van der Waals surface area (Å²) >= 11 is 0. The molecule has 5 heteroatoms. The van der Waals surface area contributed by atoms with Crippen molar-refractivity contribution >= 4 is 17.2 Å². The third-order valence-corrected chi connectivity index (χ3v) is 3.07. The SMILES string of the molecule is Cc1cc([N+](=O)[O-])ccc1N(CC(C)C)C(=N)C(C)C. The van der Waals surface area contributed by atoms with Gasteiger partial charge in [-0.1, -0.05) is 27.7 Å². The maximum Gasteiger partial charge on any atom is 0.269 e. The molecule has 1 rings (SSSR count). The minimum Gasteiger partial charge on any atom is -0.330 e. The molecule has 20 heavy (non-hydrogen) atoms. The van der Waals surface area contributed by atoms with Crippen molar-refractivity contribution in [3.05, 3.63) is 33.9 Å². The highest BCUT2D eigenvalue weighted by Crippen LogP contribution is 2.26. The number of nitrogens with zero attached hydrogens (tertiary/aromatic N) is 2. The molecule has 0 aliphatic heterocycles. The second kappa shape index (κ2) is 6.50. The summed E-state index contributed by atoms with van der Waals surface area (Å²) in [4.78, 5) is 12.4. The first kappa shape index (κ1) is 16.1. The monoisotopic (exact) mass is 277 g/mol. The van der Waals surface area contributed by atoms with E-state index in [4.69, 9.17) is 5.41 Å². The van der Waals surface area contributed by atoms with Crippen molar-refractivity contribution in [3.8, 4) is 0 Å². The Hall–Kier alpha value is -1.91. The largest absolute Gasteiger partial charge is 0.330 e. The van der Waals surface area contributed by atoms with Crippen molar-refractivity contribution in [2.24, 2.45) is 11.8 Å². The smallest absolute Gasteiger partial charge is 0.269 e. The fourth-order valence-corrected chi connectivity index (χ4v) is 2.06. The number of nitro benzene ring substituents is 1. The molecule has 0 aliphatic carbocycles. The van der Waals surface area contributed by atoms with E-state index in [1.165, 1.54) is 6.07 Å². The van der Waals surface area contributed by atoms with Gasteiger partial charge in [0.15, 0.2) is 0 Å². The number of non-ortho nitro benzene ring substituents is 1. The van der Waals surface area contributed by atoms with E-state index >= 15 is 0 Å². The molecule has 5 nitrogen and oxygen atoms in total. The van der Waals surface area contributed by atoms with Gasteiger partial charge in [-0.25, -0.2) is 0 Å². The number of hydrogen-bond donors (Lipinski definition) is 1. The fourth-order valence-electron chi connectivity index (χ4n) is 2.06. The van der Waals surface area contributed by atoms with Crippen LogP contribution in [0.25, 0.3) is 0 Å². The Morgan fingerprint density at radius 3 is 2.35 bits per heavy atom. The first-order chi connectivity index (χ1) is 9.23. The lowest BCUT2D eigenvalue weighted by atomic mass is 10.1. The van der Waals surface area contributed by atoms with Crippen LogP contribution in [0.5, 0.6) is 0 Å². The second-order valence-electron chi connectivity index (χ2n) is 5.77. The molecule has 0 radical (unpaired) electrons. The van der Waals surface area contributed by atoms with Crippen LogP contribution in [-0.4, -0.2) is 17.3 Å². The van der Waals surface area contributed by atoms with Gasteiger partial charge in [-0.2, -0.15) is 0 Å². The Bertz CT molecular complexity index is 510. The van der Waals surface area contributed by atoms with Crippen LogP contribution in [-0.2, 0) is 0 Å². The Kier molecular flexibility index (Phi) is 5.25. The van der Waals surface area contributed by atoms with Gasteiger partial charge in [0, 0.05) is 30.3 Å². The highest BCUT2D eigenvalue weighted by atomic mass is 16.6. The van der Waals surface area contributed by atoms with Crippen molar-refractivity contribution in [2.45, 2.75) is 34.6 Å². The molecule has 1 N–H and O–H groups in total. The Balaban J connectivity index is 3.20. The summed E-state index contributed by atoms with van der Waals surface area (Å²) in [6.45, 7) is 10.7. The Morgan fingerprint density at radius 1 is 1.35 bits per heavy atom. The van der Waals surface area contributed by atoms with Crippen molar-refractivity contribution < 1.29 is 4.92 Å².